The second kappa shape index (κ2) is 5.50. The van der Waals surface area contributed by atoms with Gasteiger partial charge < -0.3 is 19.1 Å². The number of fused-ring (bicyclic) bond motifs is 1. The maximum Gasteiger partial charge on any atom is 0.254 e. The summed E-state index contributed by atoms with van der Waals surface area (Å²) in [5, 5.41) is 0.406. The number of nitrogens with zero attached hydrogens (tertiary/aromatic N) is 1. The molecule has 6 heteroatoms. The molecule has 0 radical (unpaired) electrons. The summed E-state index contributed by atoms with van der Waals surface area (Å²) >= 11 is 6.11. The van der Waals surface area contributed by atoms with Crippen molar-refractivity contribution in [1.29, 1.82) is 0 Å². The summed E-state index contributed by atoms with van der Waals surface area (Å²) < 4.78 is 16.1. The highest BCUT2D eigenvalue weighted by molar-refractivity contribution is 6.32. The van der Waals surface area contributed by atoms with Gasteiger partial charge in [-0.05, 0) is 18.6 Å². The Hall–Kier alpha value is -1.46. The summed E-state index contributed by atoms with van der Waals surface area (Å²) in [6, 6.07) is 3.32. The summed E-state index contributed by atoms with van der Waals surface area (Å²) in [6.45, 7) is 3.98. The Morgan fingerprint density at radius 2 is 2.30 bits per heavy atom. The van der Waals surface area contributed by atoms with E-state index in [0.29, 0.717) is 41.8 Å². The Kier molecular flexibility index (Phi) is 3.72. The fraction of sp³-hybridized carbons (Fsp3) is 0.500. The van der Waals surface area contributed by atoms with Crippen LogP contribution in [0.25, 0.3) is 0 Å². The van der Waals surface area contributed by atoms with Gasteiger partial charge in [0.1, 0.15) is 0 Å². The molecule has 1 unspecified atom stereocenters. The molecule has 1 aromatic carbocycles. The third-order valence-corrected chi connectivity index (χ3v) is 3.84. The van der Waals surface area contributed by atoms with Crippen molar-refractivity contribution in [2.24, 2.45) is 0 Å². The van der Waals surface area contributed by atoms with E-state index in [1.165, 1.54) is 0 Å². The second-order valence-corrected chi connectivity index (χ2v) is 5.25. The van der Waals surface area contributed by atoms with Crippen molar-refractivity contribution in [2.75, 3.05) is 26.5 Å². The van der Waals surface area contributed by atoms with Crippen LogP contribution in [-0.2, 0) is 4.74 Å². The molecule has 1 amide bonds. The molecular weight excluding hydrogens is 282 g/mol. The van der Waals surface area contributed by atoms with Gasteiger partial charge in [-0.15, -0.1) is 0 Å². The highest BCUT2D eigenvalue weighted by Crippen LogP contribution is 2.40. The molecule has 1 aromatic rings. The fourth-order valence-corrected chi connectivity index (χ4v) is 2.69. The number of benzene rings is 1. The van der Waals surface area contributed by atoms with Crippen LogP contribution in [0.15, 0.2) is 12.1 Å². The average molecular weight is 298 g/mol. The van der Waals surface area contributed by atoms with Crippen molar-refractivity contribution in [3.05, 3.63) is 22.7 Å². The average Bonchev–Trinajstić information content (AvgIpc) is 2.95. The number of hydrogen-bond donors (Lipinski definition) is 0. The Morgan fingerprint density at radius 1 is 1.45 bits per heavy atom. The third-order valence-electron chi connectivity index (χ3n) is 3.56. The molecule has 20 heavy (non-hydrogen) atoms. The first kappa shape index (κ1) is 13.5. The molecule has 5 nitrogen and oxygen atoms in total. The van der Waals surface area contributed by atoms with E-state index in [-0.39, 0.29) is 18.8 Å². The van der Waals surface area contributed by atoms with Crippen LogP contribution < -0.4 is 9.47 Å². The first-order chi connectivity index (χ1) is 9.69. The number of amides is 1. The summed E-state index contributed by atoms with van der Waals surface area (Å²) in [6.07, 6.45) is 1.00. The smallest absolute Gasteiger partial charge is 0.254 e. The summed E-state index contributed by atoms with van der Waals surface area (Å²) in [4.78, 5) is 14.3. The van der Waals surface area contributed by atoms with Gasteiger partial charge >= 0.3 is 0 Å². The van der Waals surface area contributed by atoms with Crippen molar-refractivity contribution in [1.82, 2.24) is 4.90 Å². The molecule has 1 saturated heterocycles. The number of carbonyl (C=O) groups excluding carboxylic acids is 1. The minimum absolute atomic E-state index is 0.0491. The van der Waals surface area contributed by atoms with Gasteiger partial charge in [-0.2, -0.15) is 0 Å². The van der Waals surface area contributed by atoms with Crippen LogP contribution in [0.2, 0.25) is 5.02 Å². The molecule has 0 spiro atoms. The Labute approximate surface area is 122 Å². The summed E-state index contributed by atoms with van der Waals surface area (Å²) in [5.74, 6) is 0.990. The quantitative estimate of drug-likeness (QED) is 0.840. The maximum absolute atomic E-state index is 12.5. The van der Waals surface area contributed by atoms with Gasteiger partial charge in [0.2, 0.25) is 6.79 Å². The second-order valence-electron chi connectivity index (χ2n) is 4.84. The minimum atomic E-state index is -0.0491. The van der Waals surface area contributed by atoms with Crippen molar-refractivity contribution >= 4 is 17.5 Å². The molecule has 2 aliphatic rings. The summed E-state index contributed by atoms with van der Waals surface area (Å²) in [5.41, 5.74) is 0.524. The molecule has 1 fully saturated rings. The predicted molar refractivity (Wildman–Crippen MR) is 73.5 cm³/mol. The number of hydrogen-bond acceptors (Lipinski definition) is 4. The lowest BCUT2D eigenvalue weighted by Crippen LogP contribution is -2.45. The highest BCUT2D eigenvalue weighted by Gasteiger charge is 2.26. The minimum Gasteiger partial charge on any atom is -0.454 e. The third kappa shape index (κ3) is 2.43. The van der Waals surface area contributed by atoms with Crippen LogP contribution in [-0.4, -0.2) is 43.4 Å². The molecular formula is C14H16ClNO4. The lowest BCUT2D eigenvalue weighted by Gasteiger charge is -2.32. The summed E-state index contributed by atoms with van der Waals surface area (Å²) in [7, 11) is 0. The van der Waals surface area contributed by atoms with E-state index >= 15 is 0 Å². The van der Waals surface area contributed by atoms with Gasteiger partial charge in [0.15, 0.2) is 11.5 Å². The number of carbonyl (C=O) groups is 1. The van der Waals surface area contributed by atoms with Crippen molar-refractivity contribution in [3.63, 3.8) is 0 Å². The van der Waals surface area contributed by atoms with Crippen LogP contribution in [0.4, 0.5) is 0 Å². The Morgan fingerprint density at radius 3 is 3.10 bits per heavy atom. The van der Waals surface area contributed by atoms with Gasteiger partial charge in [0, 0.05) is 18.7 Å². The number of morpholine rings is 1. The van der Waals surface area contributed by atoms with E-state index in [2.05, 4.69) is 6.92 Å². The maximum atomic E-state index is 12.5. The number of rotatable bonds is 2. The van der Waals surface area contributed by atoms with Gasteiger partial charge in [0.25, 0.3) is 5.91 Å². The van der Waals surface area contributed by atoms with Gasteiger partial charge in [0.05, 0.1) is 17.7 Å². The zero-order valence-corrected chi connectivity index (χ0v) is 12.0. The van der Waals surface area contributed by atoms with E-state index in [1.807, 2.05) is 0 Å². The molecule has 2 heterocycles. The monoisotopic (exact) mass is 297 g/mol. The fourth-order valence-electron chi connectivity index (χ4n) is 2.42. The number of ether oxygens (including phenoxy) is 3. The number of halogens is 1. The molecule has 108 valence electrons. The van der Waals surface area contributed by atoms with E-state index in [1.54, 1.807) is 17.0 Å². The lowest BCUT2D eigenvalue weighted by molar-refractivity contribution is -0.0226. The first-order valence-electron chi connectivity index (χ1n) is 6.69. The first-order valence-corrected chi connectivity index (χ1v) is 7.07. The van der Waals surface area contributed by atoms with Crippen LogP contribution in [0.5, 0.6) is 11.5 Å². The highest BCUT2D eigenvalue weighted by atomic mass is 35.5. The Bertz CT molecular complexity index is 534. The molecule has 2 aliphatic heterocycles. The van der Waals surface area contributed by atoms with Crippen LogP contribution >= 0.6 is 11.6 Å². The SMILES string of the molecule is CCC1CN(C(=O)c2cc(Cl)c3c(c2)OCO3)CCO1. The zero-order chi connectivity index (χ0) is 14.1. The lowest BCUT2D eigenvalue weighted by atomic mass is 10.1. The van der Waals surface area contributed by atoms with E-state index in [0.717, 1.165) is 6.42 Å². The van der Waals surface area contributed by atoms with Gasteiger partial charge in [-0.3, -0.25) is 4.79 Å². The molecule has 0 aliphatic carbocycles. The van der Waals surface area contributed by atoms with E-state index < -0.39 is 0 Å². The molecule has 0 aromatic heterocycles. The van der Waals surface area contributed by atoms with Gasteiger partial charge in [-0.25, -0.2) is 0 Å². The molecule has 3 rings (SSSR count). The van der Waals surface area contributed by atoms with Crippen molar-refractivity contribution < 1.29 is 19.0 Å². The molecule has 0 bridgehead atoms. The topological polar surface area (TPSA) is 48.0 Å². The van der Waals surface area contributed by atoms with Crippen molar-refractivity contribution in [2.45, 2.75) is 19.4 Å². The molecule has 0 N–H and O–H groups in total. The van der Waals surface area contributed by atoms with Crippen LogP contribution in [0, 0.1) is 0 Å². The largest absolute Gasteiger partial charge is 0.454 e. The normalized spacial score (nSPS) is 21.1. The predicted octanol–water partition coefficient (Wildman–Crippen LogP) is 2.32. The van der Waals surface area contributed by atoms with Gasteiger partial charge in [-0.1, -0.05) is 18.5 Å². The van der Waals surface area contributed by atoms with Crippen LogP contribution in [0.3, 0.4) is 0 Å². The van der Waals surface area contributed by atoms with Crippen molar-refractivity contribution in [3.8, 4) is 11.5 Å². The van der Waals surface area contributed by atoms with E-state index in [9.17, 15) is 4.79 Å². The Balaban J connectivity index is 1.82. The van der Waals surface area contributed by atoms with E-state index in [4.69, 9.17) is 25.8 Å². The zero-order valence-electron chi connectivity index (χ0n) is 11.2. The molecule has 0 saturated carbocycles. The van der Waals surface area contributed by atoms with Crippen LogP contribution in [0.1, 0.15) is 23.7 Å². The standard InChI is InChI=1S/C14H16ClNO4/c1-2-10-7-16(3-4-18-10)14(17)9-5-11(15)13-12(6-9)19-8-20-13/h5-6,10H,2-4,7-8H2,1H3. The molecule has 1 atom stereocenters.